The van der Waals surface area contributed by atoms with Gasteiger partial charge in [-0.1, -0.05) is 75.4 Å². The maximum atomic E-state index is 12.8. The molecule has 2 heterocycles. The molecule has 0 N–H and O–H groups in total. The van der Waals surface area contributed by atoms with Crippen molar-refractivity contribution in [1.29, 1.82) is 0 Å². The highest BCUT2D eigenvalue weighted by molar-refractivity contribution is 5.64. The number of rotatable bonds is 5. The number of hydrogen-bond donors (Lipinski definition) is 0. The first-order chi connectivity index (χ1) is 15.7. The molecule has 0 aliphatic carbocycles. The van der Waals surface area contributed by atoms with Crippen LogP contribution >= 0.6 is 0 Å². The number of nitrogens with zero attached hydrogens (tertiary/aromatic N) is 3. The lowest BCUT2D eigenvalue weighted by Crippen LogP contribution is -2.30. The Kier molecular flexibility index (Phi) is 6.02. The van der Waals surface area contributed by atoms with Crippen LogP contribution in [0, 0.1) is 5.92 Å². The molecule has 0 aliphatic rings. The number of halogens is 3. The molecule has 0 radical (unpaired) electrons. The van der Waals surface area contributed by atoms with Gasteiger partial charge in [0.1, 0.15) is 0 Å². The summed E-state index contributed by atoms with van der Waals surface area (Å²) in [5, 5.41) is 7.09. The molecule has 0 fully saturated rings. The predicted octanol–water partition coefficient (Wildman–Crippen LogP) is 7.19. The fourth-order valence-electron chi connectivity index (χ4n) is 4.00. The molecule has 4 aromatic rings. The standard InChI is InChI=1S/C27H24F3N3/c1-18(2)26(3,22-10-6-19(7-11-22)21-5-4-16-31-17-21)23-12-8-20(9-13-23)24-14-15-25(33-32-24)27(28,29)30/h4-18H,1-3H3. The molecule has 1 unspecified atom stereocenters. The van der Waals surface area contributed by atoms with Gasteiger partial charge in [-0.3, -0.25) is 4.98 Å². The quantitative estimate of drug-likeness (QED) is 0.325. The van der Waals surface area contributed by atoms with Crippen LogP contribution in [0.3, 0.4) is 0 Å². The van der Waals surface area contributed by atoms with Crippen molar-refractivity contribution in [2.45, 2.75) is 32.4 Å². The highest BCUT2D eigenvalue weighted by Gasteiger charge is 2.34. The molecule has 33 heavy (non-hydrogen) atoms. The van der Waals surface area contributed by atoms with E-state index in [0.717, 1.165) is 28.3 Å². The van der Waals surface area contributed by atoms with Crippen LogP contribution in [0.4, 0.5) is 13.2 Å². The molecule has 0 spiro atoms. The van der Waals surface area contributed by atoms with E-state index >= 15 is 0 Å². The average molecular weight is 448 g/mol. The highest BCUT2D eigenvalue weighted by Crippen LogP contribution is 2.40. The highest BCUT2D eigenvalue weighted by atomic mass is 19.4. The number of alkyl halides is 3. The lowest BCUT2D eigenvalue weighted by molar-refractivity contribution is -0.141. The molecule has 2 aromatic heterocycles. The Morgan fingerprint density at radius 2 is 1.30 bits per heavy atom. The van der Waals surface area contributed by atoms with Crippen molar-refractivity contribution in [2.75, 3.05) is 0 Å². The second kappa shape index (κ2) is 8.77. The van der Waals surface area contributed by atoms with Crippen LogP contribution in [-0.2, 0) is 11.6 Å². The normalized spacial score (nSPS) is 13.7. The van der Waals surface area contributed by atoms with Crippen LogP contribution < -0.4 is 0 Å². The predicted molar refractivity (Wildman–Crippen MR) is 123 cm³/mol. The van der Waals surface area contributed by atoms with Crippen LogP contribution in [0.1, 0.15) is 37.6 Å². The minimum Gasteiger partial charge on any atom is -0.264 e. The molecule has 1 atom stereocenters. The molecule has 3 nitrogen and oxygen atoms in total. The van der Waals surface area contributed by atoms with Crippen LogP contribution in [0.2, 0.25) is 0 Å². The molecular formula is C27H24F3N3. The Morgan fingerprint density at radius 3 is 1.76 bits per heavy atom. The zero-order valence-corrected chi connectivity index (χ0v) is 18.6. The maximum Gasteiger partial charge on any atom is 0.435 e. The van der Waals surface area contributed by atoms with Gasteiger partial charge >= 0.3 is 6.18 Å². The molecule has 0 saturated carbocycles. The second-order valence-corrected chi connectivity index (χ2v) is 8.56. The molecule has 4 rings (SSSR count). The monoisotopic (exact) mass is 447 g/mol. The summed E-state index contributed by atoms with van der Waals surface area (Å²) in [6, 6.07) is 22.6. The van der Waals surface area contributed by atoms with Crippen LogP contribution in [0.15, 0.2) is 85.2 Å². The first-order valence-corrected chi connectivity index (χ1v) is 10.7. The molecule has 2 aromatic carbocycles. The molecule has 0 bridgehead atoms. The van der Waals surface area contributed by atoms with Gasteiger partial charge in [0.15, 0.2) is 5.69 Å². The number of hydrogen-bond acceptors (Lipinski definition) is 3. The largest absolute Gasteiger partial charge is 0.435 e. The Morgan fingerprint density at radius 1 is 0.697 bits per heavy atom. The van der Waals surface area contributed by atoms with Gasteiger partial charge in [0.05, 0.1) is 5.69 Å². The first kappa shape index (κ1) is 22.6. The van der Waals surface area contributed by atoms with E-state index in [9.17, 15) is 13.2 Å². The van der Waals surface area contributed by atoms with Crippen molar-refractivity contribution in [1.82, 2.24) is 15.2 Å². The van der Waals surface area contributed by atoms with Gasteiger partial charge in [0, 0.05) is 23.4 Å². The molecule has 168 valence electrons. The SMILES string of the molecule is CC(C)C(C)(c1ccc(-c2cccnc2)cc1)c1ccc(-c2ccc(C(F)(F)F)nn2)cc1. The summed E-state index contributed by atoms with van der Waals surface area (Å²) < 4.78 is 38.3. The van der Waals surface area contributed by atoms with Crippen molar-refractivity contribution in [3.05, 3.63) is 102 Å². The number of benzene rings is 2. The zero-order valence-electron chi connectivity index (χ0n) is 18.6. The lowest BCUT2D eigenvalue weighted by Gasteiger charge is -2.35. The Hall–Kier alpha value is -3.54. The zero-order chi connectivity index (χ0) is 23.6. The van der Waals surface area contributed by atoms with Gasteiger partial charge in [-0.2, -0.15) is 13.2 Å². The number of pyridine rings is 1. The average Bonchev–Trinajstić information content (AvgIpc) is 2.84. The van der Waals surface area contributed by atoms with Crippen LogP contribution in [0.5, 0.6) is 0 Å². The van der Waals surface area contributed by atoms with Crippen molar-refractivity contribution < 1.29 is 13.2 Å². The van der Waals surface area contributed by atoms with Gasteiger partial charge in [-0.25, -0.2) is 0 Å². The Balaban J connectivity index is 1.64. The third kappa shape index (κ3) is 4.51. The third-order valence-electron chi connectivity index (χ3n) is 6.37. The summed E-state index contributed by atoms with van der Waals surface area (Å²) in [7, 11) is 0. The Bertz CT molecular complexity index is 1200. The molecular weight excluding hydrogens is 423 g/mol. The van der Waals surface area contributed by atoms with Gasteiger partial charge in [0.25, 0.3) is 0 Å². The van der Waals surface area contributed by atoms with Crippen molar-refractivity contribution in [2.24, 2.45) is 5.92 Å². The van der Waals surface area contributed by atoms with Crippen LogP contribution in [0.25, 0.3) is 22.4 Å². The van der Waals surface area contributed by atoms with Crippen LogP contribution in [-0.4, -0.2) is 15.2 Å². The lowest BCUT2D eigenvalue weighted by atomic mass is 9.68. The fraction of sp³-hybridized carbons (Fsp3) is 0.222. The Labute approximate surface area is 191 Å². The van der Waals surface area contributed by atoms with E-state index in [1.165, 1.54) is 11.6 Å². The summed E-state index contributed by atoms with van der Waals surface area (Å²) in [5.41, 5.74) is 4.36. The van der Waals surface area contributed by atoms with Gasteiger partial charge in [-0.05, 0) is 46.4 Å². The maximum absolute atomic E-state index is 12.8. The summed E-state index contributed by atoms with van der Waals surface area (Å²) in [6.07, 6.45) is -0.895. The smallest absolute Gasteiger partial charge is 0.264 e. The third-order valence-corrected chi connectivity index (χ3v) is 6.37. The van der Waals surface area contributed by atoms with E-state index in [4.69, 9.17) is 0 Å². The minimum absolute atomic E-state index is 0.252. The minimum atomic E-state index is -4.50. The van der Waals surface area contributed by atoms with Crippen molar-refractivity contribution in [3.63, 3.8) is 0 Å². The summed E-state index contributed by atoms with van der Waals surface area (Å²) in [5.74, 6) is 0.304. The van der Waals surface area contributed by atoms with E-state index < -0.39 is 11.9 Å². The van der Waals surface area contributed by atoms with E-state index in [-0.39, 0.29) is 5.41 Å². The number of aromatic nitrogens is 3. The van der Waals surface area contributed by atoms with Crippen molar-refractivity contribution in [3.8, 4) is 22.4 Å². The van der Waals surface area contributed by atoms with E-state index in [2.05, 4.69) is 60.2 Å². The first-order valence-electron chi connectivity index (χ1n) is 10.7. The van der Waals surface area contributed by atoms with E-state index in [0.29, 0.717) is 11.6 Å². The van der Waals surface area contributed by atoms with Gasteiger partial charge in [-0.15, -0.1) is 10.2 Å². The molecule has 0 aliphatic heterocycles. The second-order valence-electron chi connectivity index (χ2n) is 8.56. The fourth-order valence-corrected chi connectivity index (χ4v) is 4.00. The summed E-state index contributed by atoms with van der Waals surface area (Å²) in [6.45, 7) is 6.58. The van der Waals surface area contributed by atoms with Crippen molar-refractivity contribution >= 4 is 0 Å². The summed E-state index contributed by atoms with van der Waals surface area (Å²) in [4.78, 5) is 4.19. The molecule has 0 amide bonds. The molecule has 6 heteroatoms. The van der Waals surface area contributed by atoms with Gasteiger partial charge in [0.2, 0.25) is 0 Å². The molecule has 0 saturated heterocycles. The van der Waals surface area contributed by atoms with E-state index in [1.54, 1.807) is 6.20 Å². The van der Waals surface area contributed by atoms with Gasteiger partial charge < -0.3 is 0 Å². The topological polar surface area (TPSA) is 38.7 Å². The summed E-state index contributed by atoms with van der Waals surface area (Å²) >= 11 is 0. The van der Waals surface area contributed by atoms with E-state index in [1.807, 2.05) is 42.6 Å².